The van der Waals surface area contributed by atoms with Crippen LogP contribution >= 0.6 is 0 Å². The van der Waals surface area contributed by atoms with E-state index in [9.17, 15) is 0 Å². The van der Waals surface area contributed by atoms with Gasteiger partial charge in [-0.25, -0.2) is 0 Å². The smallest absolute Gasteiger partial charge is 0.0450 e. The fourth-order valence-electron chi connectivity index (χ4n) is 1.24. The minimum absolute atomic E-state index is 0.870. The Morgan fingerprint density at radius 2 is 1.65 bits per heavy atom. The predicted octanol–water partition coefficient (Wildman–Crippen LogP) is 4.78. The minimum atomic E-state index is 0.870. The van der Waals surface area contributed by atoms with Crippen LogP contribution in [0.4, 0.5) is 0 Å². The lowest BCUT2D eigenvalue weighted by atomic mass is 10.1. The van der Waals surface area contributed by atoms with Gasteiger partial charge in [-0.2, -0.15) is 0 Å². The van der Waals surface area contributed by atoms with Crippen molar-refractivity contribution in [2.45, 2.75) is 20.8 Å². The van der Waals surface area contributed by atoms with Crippen molar-refractivity contribution in [3.05, 3.63) is 72.5 Å². The molecule has 0 spiro atoms. The largest absolute Gasteiger partial charge is 0.260 e. The van der Waals surface area contributed by atoms with E-state index in [1.165, 1.54) is 0 Å². The Hall–Kier alpha value is -1.89. The van der Waals surface area contributed by atoms with Crippen LogP contribution in [0.3, 0.4) is 0 Å². The Bertz CT molecular complexity index is 415. The average Bonchev–Trinajstić information content (AvgIpc) is 2.32. The molecule has 0 N–H and O–H groups in total. The Labute approximate surface area is 105 Å². The van der Waals surface area contributed by atoms with Crippen molar-refractivity contribution >= 4 is 6.21 Å². The first-order valence-corrected chi connectivity index (χ1v) is 5.57. The van der Waals surface area contributed by atoms with Gasteiger partial charge in [-0.3, -0.25) is 4.99 Å². The number of hydrogen-bond donors (Lipinski definition) is 0. The Balaban J connectivity index is 5.16. The van der Waals surface area contributed by atoms with Crippen LogP contribution in [0.25, 0.3) is 0 Å². The second kappa shape index (κ2) is 8.28. The predicted molar refractivity (Wildman–Crippen MR) is 79.3 cm³/mol. The maximum Gasteiger partial charge on any atom is 0.0450 e. The lowest BCUT2D eigenvalue weighted by Gasteiger charge is -2.04. The van der Waals surface area contributed by atoms with Crippen LogP contribution in [-0.2, 0) is 0 Å². The van der Waals surface area contributed by atoms with Gasteiger partial charge in [0.05, 0.1) is 0 Å². The van der Waals surface area contributed by atoms with Gasteiger partial charge in [-0.05, 0) is 31.9 Å². The highest BCUT2D eigenvalue weighted by molar-refractivity contribution is 5.82. The van der Waals surface area contributed by atoms with Crippen molar-refractivity contribution in [1.82, 2.24) is 0 Å². The Morgan fingerprint density at radius 1 is 1.06 bits per heavy atom. The van der Waals surface area contributed by atoms with Gasteiger partial charge >= 0.3 is 0 Å². The lowest BCUT2D eigenvalue weighted by molar-refractivity contribution is 1.26. The van der Waals surface area contributed by atoms with Gasteiger partial charge in [0, 0.05) is 17.5 Å². The molecule has 0 aromatic rings. The summed E-state index contributed by atoms with van der Waals surface area (Å²) in [5.74, 6) is 0. The van der Waals surface area contributed by atoms with Gasteiger partial charge in [0.25, 0.3) is 0 Å². The first-order chi connectivity index (χ1) is 8.06. The van der Waals surface area contributed by atoms with E-state index >= 15 is 0 Å². The highest BCUT2D eigenvalue weighted by atomic mass is 14.7. The van der Waals surface area contributed by atoms with Crippen LogP contribution in [0.15, 0.2) is 77.5 Å². The van der Waals surface area contributed by atoms with Crippen molar-refractivity contribution in [3.63, 3.8) is 0 Å². The van der Waals surface area contributed by atoms with Gasteiger partial charge in [0.2, 0.25) is 0 Å². The second-order valence-electron chi connectivity index (χ2n) is 3.56. The van der Waals surface area contributed by atoms with Crippen LogP contribution in [0.1, 0.15) is 20.8 Å². The van der Waals surface area contributed by atoms with Crippen LogP contribution < -0.4 is 0 Å². The average molecular weight is 227 g/mol. The molecule has 0 aliphatic carbocycles. The monoisotopic (exact) mass is 227 g/mol. The van der Waals surface area contributed by atoms with E-state index < -0.39 is 0 Å². The number of allylic oxidation sites excluding steroid dienone is 9. The van der Waals surface area contributed by atoms with E-state index in [1.54, 1.807) is 12.3 Å². The first-order valence-electron chi connectivity index (χ1n) is 5.57. The van der Waals surface area contributed by atoms with Gasteiger partial charge in [0.1, 0.15) is 0 Å². The van der Waals surface area contributed by atoms with Crippen molar-refractivity contribution in [2.24, 2.45) is 4.99 Å². The number of nitrogens with zero attached hydrogens (tertiary/aromatic N) is 1. The first kappa shape index (κ1) is 15.1. The number of aliphatic imine (C=N–C) groups is 1. The fourth-order valence-corrected chi connectivity index (χ4v) is 1.24. The normalized spacial score (nSPS) is 13.4. The van der Waals surface area contributed by atoms with Gasteiger partial charge in [-0.15, -0.1) is 0 Å². The zero-order valence-corrected chi connectivity index (χ0v) is 11.0. The van der Waals surface area contributed by atoms with E-state index in [2.05, 4.69) is 24.7 Å². The molecular weight excluding hydrogens is 206 g/mol. The number of rotatable bonds is 6. The number of hydrogen-bond acceptors (Lipinski definition) is 1. The topological polar surface area (TPSA) is 12.4 Å². The van der Waals surface area contributed by atoms with Crippen molar-refractivity contribution in [3.8, 4) is 0 Å². The van der Waals surface area contributed by atoms with E-state index in [-0.39, 0.29) is 0 Å². The molecule has 0 aromatic heterocycles. The molecule has 0 heterocycles. The molecule has 0 saturated carbocycles. The molecule has 0 aliphatic heterocycles. The quantitative estimate of drug-likeness (QED) is 0.457. The van der Waals surface area contributed by atoms with Crippen LogP contribution in [0, 0.1) is 0 Å². The van der Waals surface area contributed by atoms with Crippen LogP contribution in [0.2, 0.25) is 0 Å². The molecule has 0 atom stereocenters. The summed E-state index contributed by atoms with van der Waals surface area (Å²) in [5, 5.41) is 0. The van der Waals surface area contributed by atoms with Crippen LogP contribution in [-0.4, -0.2) is 6.21 Å². The molecule has 1 nitrogen and oxygen atoms in total. The van der Waals surface area contributed by atoms with E-state index in [1.807, 2.05) is 45.1 Å². The molecule has 90 valence electrons. The van der Waals surface area contributed by atoms with Crippen molar-refractivity contribution in [2.75, 3.05) is 0 Å². The maximum atomic E-state index is 4.37. The third-order valence-corrected chi connectivity index (χ3v) is 2.12. The highest BCUT2D eigenvalue weighted by Gasteiger charge is 1.99. The summed E-state index contributed by atoms with van der Waals surface area (Å²) >= 11 is 0. The lowest BCUT2D eigenvalue weighted by Crippen LogP contribution is -1.87. The third-order valence-electron chi connectivity index (χ3n) is 2.12. The zero-order valence-electron chi connectivity index (χ0n) is 11.0. The molecule has 0 rings (SSSR count). The summed E-state index contributed by atoms with van der Waals surface area (Å²) in [7, 11) is 0. The summed E-state index contributed by atoms with van der Waals surface area (Å²) in [6, 6.07) is 0. The Morgan fingerprint density at radius 3 is 2.12 bits per heavy atom. The summed E-state index contributed by atoms with van der Waals surface area (Å²) in [5.41, 5.74) is 3.64. The summed E-state index contributed by atoms with van der Waals surface area (Å²) in [6.07, 6.45) is 11.3. The van der Waals surface area contributed by atoms with E-state index in [0.717, 1.165) is 22.4 Å². The van der Waals surface area contributed by atoms with Gasteiger partial charge < -0.3 is 0 Å². The molecule has 0 fully saturated rings. The molecule has 0 saturated heterocycles. The second-order valence-corrected chi connectivity index (χ2v) is 3.56. The summed E-state index contributed by atoms with van der Waals surface area (Å²) in [4.78, 5) is 4.37. The highest BCUT2D eigenvalue weighted by Crippen LogP contribution is 2.16. The molecule has 0 aliphatic rings. The fraction of sp³-hybridized carbons (Fsp3) is 0.188. The molecule has 0 amide bonds. The Kier molecular flexibility index (Phi) is 7.36. The van der Waals surface area contributed by atoms with Crippen molar-refractivity contribution < 1.29 is 0 Å². The molecule has 0 unspecified atom stereocenters. The van der Waals surface area contributed by atoms with Gasteiger partial charge in [0.15, 0.2) is 0 Å². The zero-order chi connectivity index (χ0) is 13.3. The summed E-state index contributed by atoms with van der Waals surface area (Å²) < 4.78 is 0. The SMILES string of the molecule is C=CC(=C)C(/C=C\C)=C(/C)N=CC(=C)/C=C\C. The minimum Gasteiger partial charge on any atom is -0.260 e. The molecular formula is C16H21N. The summed E-state index contributed by atoms with van der Waals surface area (Å²) in [6.45, 7) is 17.4. The van der Waals surface area contributed by atoms with Gasteiger partial charge in [-0.1, -0.05) is 50.1 Å². The molecule has 0 bridgehead atoms. The van der Waals surface area contributed by atoms with Crippen molar-refractivity contribution in [1.29, 1.82) is 0 Å². The molecule has 1 heteroatoms. The molecule has 0 aromatic carbocycles. The van der Waals surface area contributed by atoms with Crippen LogP contribution in [0.5, 0.6) is 0 Å². The van der Waals surface area contributed by atoms with E-state index in [0.29, 0.717) is 0 Å². The van der Waals surface area contributed by atoms with E-state index in [4.69, 9.17) is 0 Å². The standard InChI is InChI=1S/C16H21N/c1-7-10-13(4)12-17-15(6)16(11-8-2)14(5)9-3/h7-12H,3-5H2,1-2,6H3/b10-7-,11-8-,16-15-,17-12?. The maximum absolute atomic E-state index is 4.37. The molecule has 0 radical (unpaired) electrons. The third kappa shape index (κ3) is 5.67. The molecule has 17 heavy (non-hydrogen) atoms.